The van der Waals surface area contributed by atoms with E-state index in [0.717, 1.165) is 12.8 Å². The van der Waals surface area contributed by atoms with Crippen molar-refractivity contribution in [2.75, 3.05) is 13.1 Å². The Labute approximate surface area is 127 Å². The Bertz CT molecular complexity index is 376. The maximum absolute atomic E-state index is 12.4. The summed E-state index contributed by atoms with van der Waals surface area (Å²) in [5.74, 6) is -0.969. The first-order chi connectivity index (χ1) is 9.76. The molecular weight excluding hydrogens is 270 g/mol. The highest BCUT2D eigenvalue weighted by Crippen LogP contribution is 2.31. The van der Waals surface area contributed by atoms with E-state index < -0.39 is 17.0 Å². The molecule has 1 rings (SSSR count). The Kier molecular flexibility index (Phi) is 6.20. The van der Waals surface area contributed by atoms with E-state index in [2.05, 4.69) is 0 Å². The van der Waals surface area contributed by atoms with Crippen LogP contribution in [0.15, 0.2) is 0 Å². The van der Waals surface area contributed by atoms with Gasteiger partial charge in [0, 0.05) is 13.1 Å². The zero-order valence-electron chi connectivity index (χ0n) is 13.5. The number of piperidine rings is 1. The number of carboxylic acids is 1. The number of amides is 1. The van der Waals surface area contributed by atoms with Crippen LogP contribution in [-0.4, -0.2) is 45.7 Å². The highest BCUT2D eigenvalue weighted by Gasteiger charge is 2.40. The zero-order chi connectivity index (χ0) is 16.1. The van der Waals surface area contributed by atoms with Crippen LogP contribution in [0.25, 0.3) is 0 Å². The molecule has 21 heavy (non-hydrogen) atoms. The van der Waals surface area contributed by atoms with Crippen LogP contribution in [0, 0.1) is 5.41 Å². The Morgan fingerprint density at radius 3 is 2.29 bits per heavy atom. The van der Waals surface area contributed by atoms with Gasteiger partial charge in [-0.2, -0.15) is 0 Å². The van der Waals surface area contributed by atoms with Gasteiger partial charge in [0.15, 0.2) is 0 Å². The van der Waals surface area contributed by atoms with Crippen molar-refractivity contribution in [2.24, 2.45) is 5.41 Å². The Balaban J connectivity index is 2.71. The molecule has 1 saturated heterocycles. The van der Waals surface area contributed by atoms with E-state index in [-0.39, 0.29) is 18.9 Å². The summed E-state index contributed by atoms with van der Waals surface area (Å²) in [5, 5.41) is 19.9. The molecule has 1 aliphatic heterocycles. The first-order valence-electron chi connectivity index (χ1n) is 8.00. The number of aliphatic hydroxyl groups is 1. The molecule has 0 bridgehead atoms. The minimum atomic E-state index is -0.947. The molecule has 5 heteroatoms. The summed E-state index contributed by atoms with van der Waals surface area (Å²) in [6, 6.07) is 0. The summed E-state index contributed by atoms with van der Waals surface area (Å²) in [7, 11) is 0. The first kappa shape index (κ1) is 18.0. The summed E-state index contributed by atoms with van der Waals surface area (Å²) in [4.78, 5) is 25.4. The lowest BCUT2D eigenvalue weighted by Gasteiger charge is -2.39. The number of likely N-dealkylation sites (tertiary alicyclic amines) is 1. The van der Waals surface area contributed by atoms with Gasteiger partial charge in [-0.05, 0) is 32.6 Å². The quantitative estimate of drug-likeness (QED) is 0.757. The van der Waals surface area contributed by atoms with Gasteiger partial charge >= 0.3 is 5.97 Å². The van der Waals surface area contributed by atoms with Crippen LogP contribution in [-0.2, 0) is 9.59 Å². The SMILES string of the molecule is CCCC(O)(CCC)CC(=O)N1CCCC(C)(C(=O)O)C1. The summed E-state index contributed by atoms with van der Waals surface area (Å²) >= 11 is 0. The predicted octanol–water partition coefficient (Wildman–Crippen LogP) is 2.42. The maximum Gasteiger partial charge on any atom is 0.311 e. The fourth-order valence-corrected chi connectivity index (χ4v) is 3.25. The van der Waals surface area contributed by atoms with Crippen LogP contribution in [0.3, 0.4) is 0 Å². The summed E-state index contributed by atoms with van der Waals surface area (Å²) < 4.78 is 0. The van der Waals surface area contributed by atoms with Crippen molar-refractivity contribution in [3.05, 3.63) is 0 Å². The van der Waals surface area contributed by atoms with Crippen molar-refractivity contribution in [3.8, 4) is 0 Å². The third-order valence-corrected chi connectivity index (χ3v) is 4.48. The average Bonchev–Trinajstić information content (AvgIpc) is 2.38. The molecule has 2 N–H and O–H groups in total. The lowest BCUT2D eigenvalue weighted by atomic mass is 9.81. The van der Waals surface area contributed by atoms with Crippen molar-refractivity contribution < 1.29 is 19.8 Å². The monoisotopic (exact) mass is 299 g/mol. The lowest BCUT2D eigenvalue weighted by molar-refractivity contribution is -0.154. The fourth-order valence-electron chi connectivity index (χ4n) is 3.25. The number of carbonyl (C=O) groups excluding carboxylic acids is 1. The van der Waals surface area contributed by atoms with Gasteiger partial charge in [0.1, 0.15) is 0 Å². The van der Waals surface area contributed by atoms with Crippen LogP contribution in [0.2, 0.25) is 0 Å². The van der Waals surface area contributed by atoms with E-state index in [1.807, 2.05) is 13.8 Å². The van der Waals surface area contributed by atoms with Crippen molar-refractivity contribution >= 4 is 11.9 Å². The Hall–Kier alpha value is -1.10. The van der Waals surface area contributed by atoms with E-state index in [0.29, 0.717) is 32.2 Å². The predicted molar refractivity (Wildman–Crippen MR) is 80.9 cm³/mol. The number of aliphatic carboxylic acids is 1. The van der Waals surface area contributed by atoms with E-state index in [1.165, 1.54) is 0 Å². The van der Waals surface area contributed by atoms with Crippen LogP contribution in [0.4, 0.5) is 0 Å². The zero-order valence-corrected chi connectivity index (χ0v) is 13.5. The summed E-state index contributed by atoms with van der Waals surface area (Å²) in [6.45, 7) is 6.52. The van der Waals surface area contributed by atoms with Gasteiger partial charge < -0.3 is 15.1 Å². The highest BCUT2D eigenvalue weighted by molar-refractivity contribution is 5.80. The molecule has 0 aromatic heterocycles. The second kappa shape index (κ2) is 7.25. The molecule has 0 aromatic carbocycles. The van der Waals surface area contributed by atoms with E-state index in [4.69, 9.17) is 0 Å². The Morgan fingerprint density at radius 2 is 1.81 bits per heavy atom. The molecule has 122 valence electrons. The van der Waals surface area contributed by atoms with Crippen LogP contribution in [0.5, 0.6) is 0 Å². The number of carbonyl (C=O) groups is 2. The normalized spacial score (nSPS) is 23.1. The van der Waals surface area contributed by atoms with E-state index in [1.54, 1.807) is 11.8 Å². The molecule has 0 spiro atoms. The van der Waals surface area contributed by atoms with Crippen molar-refractivity contribution in [1.29, 1.82) is 0 Å². The molecule has 1 aliphatic rings. The van der Waals surface area contributed by atoms with E-state index in [9.17, 15) is 19.8 Å². The Morgan fingerprint density at radius 1 is 1.24 bits per heavy atom. The van der Waals surface area contributed by atoms with Gasteiger partial charge in [0.25, 0.3) is 0 Å². The van der Waals surface area contributed by atoms with Crippen LogP contribution >= 0.6 is 0 Å². The minimum Gasteiger partial charge on any atom is -0.481 e. The highest BCUT2D eigenvalue weighted by atomic mass is 16.4. The van der Waals surface area contributed by atoms with Crippen LogP contribution < -0.4 is 0 Å². The molecule has 5 nitrogen and oxygen atoms in total. The summed E-state index contributed by atoms with van der Waals surface area (Å²) in [6.07, 6.45) is 4.28. The van der Waals surface area contributed by atoms with Gasteiger partial charge in [0.05, 0.1) is 17.4 Å². The first-order valence-corrected chi connectivity index (χ1v) is 8.00. The summed E-state index contributed by atoms with van der Waals surface area (Å²) in [5.41, 5.74) is -1.81. The van der Waals surface area contributed by atoms with Gasteiger partial charge in [-0.1, -0.05) is 26.7 Å². The molecular formula is C16H29NO4. The molecule has 1 heterocycles. The molecule has 1 atom stereocenters. The van der Waals surface area contributed by atoms with Gasteiger partial charge in [-0.3, -0.25) is 9.59 Å². The van der Waals surface area contributed by atoms with E-state index >= 15 is 0 Å². The van der Waals surface area contributed by atoms with Gasteiger partial charge in [-0.25, -0.2) is 0 Å². The standard InChI is InChI=1S/C16H29NO4/c1-4-7-16(21,8-5-2)11-13(18)17-10-6-9-15(3,12-17)14(19)20/h21H,4-12H2,1-3H3,(H,19,20). The number of hydrogen-bond acceptors (Lipinski definition) is 3. The molecule has 0 radical (unpaired) electrons. The van der Waals surface area contributed by atoms with Crippen molar-refractivity contribution in [1.82, 2.24) is 4.90 Å². The van der Waals surface area contributed by atoms with Crippen LogP contribution in [0.1, 0.15) is 65.7 Å². The third kappa shape index (κ3) is 4.70. The molecule has 0 aromatic rings. The third-order valence-electron chi connectivity index (χ3n) is 4.48. The number of nitrogens with zero attached hydrogens (tertiary/aromatic N) is 1. The van der Waals surface area contributed by atoms with Crippen molar-refractivity contribution in [3.63, 3.8) is 0 Å². The topological polar surface area (TPSA) is 77.8 Å². The number of rotatable bonds is 7. The van der Waals surface area contributed by atoms with Crippen molar-refractivity contribution in [2.45, 2.75) is 71.3 Å². The second-order valence-electron chi connectivity index (χ2n) is 6.69. The fraction of sp³-hybridized carbons (Fsp3) is 0.875. The lowest BCUT2D eigenvalue weighted by Crippen LogP contribution is -2.50. The smallest absolute Gasteiger partial charge is 0.311 e. The van der Waals surface area contributed by atoms with Gasteiger partial charge in [-0.15, -0.1) is 0 Å². The molecule has 0 saturated carbocycles. The largest absolute Gasteiger partial charge is 0.481 e. The second-order valence-corrected chi connectivity index (χ2v) is 6.69. The molecule has 1 fully saturated rings. The average molecular weight is 299 g/mol. The molecule has 1 amide bonds. The number of carboxylic acid groups (broad SMARTS) is 1. The minimum absolute atomic E-state index is 0.102. The maximum atomic E-state index is 12.4. The molecule has 0 aliphatic carbocycles. The molecule has 1 unspecified atom stereocenters. The van der Waals surface area contributed by atoms with Gasteiger partial charge in [0.2, 0.25) is 5.91 Å². The number of hydrogen-bond donors (Lipinski definition) is 2.